The third-order valence-electron chi connectivity index (χ3n) is 4.11. The predicted molar refractivity (Wildman–Crippen MR) is 95.9 cm³/mol. The van der Waals surface area contributed by atoms with Crippen molar-refractivity contribution in [3.63, 3.8) is 0 Å². The average molecular weight is 348 g/mol. The summed E-state index contributed by atoms with van der Waals surface area (Å²) in [5.41, 5.74) is 7.51. The highest BCUT2D eigenvalue weighted by Gasteiger charge is 2.37. The Morgan fingerprint density at radius 3 is 2.78 bits per heavy atom. The summed E-state index contributed by atoms with van der Waals surface area (Å²) in [5.74, 6) is 0.245. The van der Waals surface area contributed by atoms with Crippen LogP contribution >= 0.6 is 22.9 Å². The first-order valence-corrected chi connectivity index (χ1v) is 8.48. The molecule has 2 aromatic rings. The first kappa shape index (κ1) is 16.0. The Hall–Kier alpha value is -1.85. The lowest BCUT2D eigenvalue weighted by molar-refractivity contribution is -0.128. The van der Waals surface area contributed by atoms with Gasteiger partial charge in [-0.05, 0) is 43.2 Å². The van der Waals surface area contributed by atoms with Crippen molar-refractivity contribution < 1.29 is 4.79 Å². The molecule has 1 aromatic carbocycles. The number of thiophene rings is 1. The van der Waals surface area contributed by atoms with Crippen LogP contribution in [0.4, 0.5) is 0 Å². The van der Waals surface area contributed by atoms with Gasteiger partial charge in [0.1, 0.15) is 5.54 Å². The van der Waals surface area contributed by atoms with Crippen LogP contribution in [0.25, 0.3) is 10.4 Å². The fourth-order valence-electron chi connectivity index (χ4n) is 2.71. The van der Waals surface area contributed by atoms with E-state index in [1.807, 2.05) is 31.2 Å². The van der Waals surface area contributed by atoms with Gasteiger partial charge in [-0.2, -0.15) is 0 Å². The average Bonchev–Trinajstić information content (AvgIpc) is 2.87. The lowest BCUT2D eigenvalue weighted by Gasteiger charge is -2.32. The molecule has 1 aliphatic heterocycles. The van der Waals surface area contributed by atoms with Crippen molar-refractivity contribution >= 4 is 34.8 Å². The van der Waals surface area contributed by atoms with E-state index >= 15 is 0 Å². The van der Waals surface area contributed by atoms with Crippen LogP contribution in [0.1, 0.15) is 23.8 Å². The van der Waals surface area contributed by atoms with E-state index in [4.69, 9.17) is 17.3 Å². The third-order valence-corrected chi connectivity index (χ3v) is 5.88. The molecule has 0 saturated carbocycles. The Kier molecular flexibility index (Phi) is 3.94. The monoisotopic (exact) mass is 347 g/mol. The molecule has 2 heterocycles. The molecule has 2 N–H and O–H groups in total. The normalized spacial score (nSPS) is 21.5. The minimum Gasteiger partial charge on any atom is -0.369 e. The number of halogens is 1. The maximum Gasteiger partial charge on any atom is 0.231 e. The number of nitrogens with two attached hydrogens (primary N) is 1. The minimum absolute atomic E-state index is 0.0182. The van der Waals surface area contributed by atoms with Gasteiger partial charge in [0.25, 0.3) is 0 Å². The maximum absolute atomic E-state index is 12.2. The topological polar surface area (TPSA) is 58.7 Å². The van der Waals surface area contributed by atoms with Gasteiger partial charge in [-0.3, -0.25) is 9.69 Å². The molecule has 0 bridgehead atoms. The molecular weight excluding hydrogens is 330 g/mol. The van der Waals surface area contributed by atoms with E-state index in [2.05, 4.69) is 18.0 Å². The Bertz CT molecular complexity index is 814. The van der Waals surface area contributed by atoms with Crippen molar-refractivity contribution in [3.05, 3.63) is 45.8 Å². The van der Waals surface area contributed by atoms with E-state index in [0.717, 1.165) is 20.9 Å². The number of amides is 1. The Morgan fingerprint density at radius 1 is 1.39 bits per heavy atom. The van der Waals surface area contributed by atoms with Crippen molar-refractivity contribution in [2.75, 3.05) is 7.05 Å². The van der Waals surface area contributed by atoms with Crippen LogP contribution < -0.4 is 5.73 Å². The second-order valence-corrected chi connectivity index (χ2v) is 7.50. The summed E-state index contributed by atoms with van der Waals surface area (Å²) in [6.45, 7) is 4.02. The summed E-state index contributed by atoms with van der Waals surface area (Å²) < 4.78 is 0. The quantitative estimate of drug-likeness (QED) is 0.899. The van der Waals surface area contributed by atoms with Crippen molar-refractivity contribution in [1.29, 1.82) is 0 Å². The van der Waals surface area contributed by atoms with Gasteiger partial charge in [-0.1, -0.05) is 23.7 Å². The lowest BCUT2D eigenvalue weighted by atomic mass is 9.93. The van der Waals surface area contributed by atoms with E-state index in [9.17, 15) is 4.79 Å². The van der Waals surface area contributed by atoms with E-state index in [1.54, 1.807) is 18.4 Å². The molecule has 4 nitrogen and oxygen atoms in total. The van der Waals surface area contributed by atoms with E-state index in [1.165, 1.54) is 4.90 Å². The zero-order chi connectivity index (χ0) is 16.8. The van der Waals surface area contributed by atoms with Crippen LogP contribution in [0.3, 0.4) is 0 Å². The summed E-state index contributed by atoms with van der Waals surface area (Å²) in [7, 11) is 1.65. The highest BCUT2D eigenvalue weighted by atomic mass is 35.5. The molecule has 0 fully saturated rings. The molecule has 0 saturated heterocycles. The Labute approximate surface area is 144 Å². The molecule has 0 spiro atoms. The zero-order valence-corrected chi connectivity index (χ0v) is 14.8. The predicted octanol–water partition coefficient (Wildman–Crippen LogP) is 3.77. The number of rotatable bonds is 2. The second kappa shape index (κ2) is 5.65. The number of carbonyl (C=O) groups is 1. The highest BCUT2D eigenvalue weighted by molar-refractivity contribution is 7.15. The molecule has 120 valence electrons. The van der Waals surface area contributed by atoms with E-state index in [-0.39, 0.29) is 11.9 Å². The minimum atomic E-state index is -0.611. The number of aliphatic imine (C=N–C) groups is 1. The van der Waals surface area contributed by atoms with Gasteiger partial charge in [0, 0.05) is 21.8 Å². The molecule has 1 aliphatic rings. The second-order valence-electron chi connectivity index (χ2n) is 6.01. The smallest absolute Gasteiger partial charge is 0.231 e. The molecule has 23 heavy (non-hydrogen) atoms. The standard InChI is InChI=1S/C17H18ClN3OS/c1-10-7-13(17(2)9-14(22)21(3)16(19)20-17)23-15(10)11-5-4-6-12(18)8-11/h4-8H,9H2,1-3H3,(H2,19,20)/t17-/m0/s1. The highest BCUT2D eigenvalue weighted by Crippen LogP contribution is 2.42. The number of benzene rings is 1. The molecule has 1 aromatic heterocycles. The van der Waals surface area contributed by atoms with Gasteiger partial charge in [-0.25, -0.2) is 4.99 Å². The Morgan fingerprint density at radius 2 is 2.13 bits per heavy atom. The first-order chi connectivity index (χ1) is 10.8. The fourth-order valence-corrected chi connectivity index (χ4v) is 4.16. The van der Waals surface area contributed by atoms with E-state index in [0.29, 0.717) is 11.4 Å². The molecule has 1 atom stereocenters. The largest absolute Gasteiger partial charge is 0.369 e. The number of hydrogen-bond acceptors (Lipinski definition) is 4. The van der Waals surface area contributed by atoms with Crippen LogP contribution in [0, 0.1) is 6.92 Å². The molecular formula is C17H18ClN3OS. The number of carbonyl (C=O) groups excluding carboxylic acids is 1. The van der Waals surface area contributed by atoms with Gasteiger partial charge < -0.3 is 5.73 Å². The maximum atomic E-state index is 12.2. The van der Waals surface area contributed by atoms with Crippen LogP contribution in [-0.4, -0.2) is 23.8 Å². The van der Waals surface area contributed by atoms with Gasteiger partial charge in [0.05, 0.1) is 6.42 Å². The van der Waals surface area contributed by atoms with Crippen LogP contribution in [0.2, 0.25) is 5.02 Å². The van der Waals surface area contributed by atoms with Crippen molar-refractivity contribution in [1.82, 2.24) is 4.90 Å². The van der Waals surface area contributed by atoms with Gasteiger partial charge in [0.2, 0.25) is 5.91 Å². The van der Waals surface area contributed by atoms with Crippen molar-refractivity contribution in [2.45, 2.75) is 25.8 Å². The number of guanidine groups is 1. The number of hydrogen-bond donors (Lipinski definition) is 1. The summed E-state index contributed by atoms with van der Waals surface area (Å²) >= 11 is 7.74. The van der Waals surface area contributed by atoms with Crippen molar-refractivity contribution in [2.24, 2.45) is 10.7 Å². The fraction of sp³-hybridized carbons (Fsp3) is 0.294. The van der Waals surface area contributed by atoms with E-state index < -0.39 is 5.54 Å². The molecule has 6 heteroatoms. The van der Waals surface area contributed by atoms with Gasteiger partial charge in [0.15, 0.2) is 5.96 Å². The van der Waals surface area contributed by atoms with Crippen LogP contribution in [-0.2, 0) is 10.3 Å². The lowest BCUT2D eigenvalue weighted by Crippen LogP contribution is -2.47. The van der Waals surface area contributed by atoms with Crippen molar-refractivity contribution in [3.8, 4) is 10.4 Å². The molecule has 3 rings (SSSR count). The molecule has 0 unspecified atom stereocenters. The molecule has 0 aliphatic carbocycles. The first-order valence-electron chi connectivity index (χ1n) is 7.29. The van der Waals surface area contributed by atoms with Gasteiger partial charge in [-0.15, -0.1) is 11.3 Å². The third kappa shape index (κ3) is 2.86. The summed E-state index contributed by atoms with van der Waals surface area (Å²) in [5, 5.41) is 0.708. The summed E-state index contributed by atoms with van der Waals surface area (Å²) in [6, 6.07) is 9.87. The zero-order valence-electron chi connectivity index (χ0n) is 13.3. The van der Waals surface area contributed by atoms with Crippen LogP contribution in [0.15, 0.2) is 35.3 Å². The van der Waals surface area contributed by atoms with Crippen LogP contribution in [0.5, 0.6) is 0 Å². The summed E-state index contributed by atoms with van der Waals surface area (Å²) in [4.78, 5) is 20.3. The summed E-state index contributed by atoms with van der Waals surface area (Å²) in [6.07, 6.45) is 0.319. The molecule has 0 radical (unpaired) electrons. The number of aryl methyl sites for hydroxylation is 1. The Balaban J connectivity index is 2.06. The number of nitrogens with zero attached hydrogens (tertiary/aromatic N) is 2. The van der Waals surface area contributed by atoms with Gasteiger partial charge >= 0.3 is 0 Å². The molecule has 1 amide bonds. The SMILES string of the molecule is Cc1cc([C@]2(C)CC(=O)N(C)C(N)=N2)sc1-c1cccc(Cl)c1.